The predicted molar refractivity (Wildman–Crippen MR) is 84.3 cm³/mol. The van der Waals surface area contributed by atoms with Gasteiger partial charge >= 0.3 is 11.9 Å². The third-order valence-corrected chi connectivity index (χ3v) is 5.27. The molecule has 0 aromatic rings. The van der Waals surface area contributed by atoms with Gasteiger partial charge in [-0.05, 0) is 33.6 Å². The largest absolute Gasteiger partial charge is 0.466 e. The molecule has 1 spiro atoms. The van der Waals surface area contributed by atoms with Crippen LogP contribution in [0.2, 0.25) is 0 Å². The van der Waals surface area contributed by atoms with Crippen LogP contribution in [-0.4, -0.2) is 37.5 Å². The average Bonchev–Trinajstić information content (AvgIpc) is 2.48. The minimum absolute atomic E-state index is 0.289. The number of hydrogen-bond acceptors (Lipinski definition) is 6. The highest BCUT2D eigenvalue weighted by Crippen LogP contribution is 2.54. The van der Waals surface area contributed by atoms with Crippen molar-refractivity contribution in [1.29, 1.82) is 0 Å². The van der Waals surface area contributed by atoms with Crippen LogP contribution in [0.3, 0.4) is 0 Å². The van der Waals surface area contributed by atoms with Crippen LogP contribution in [-0.2, 0) is 23.8 Å². The summed E-state index contributed by atoms with van der Waals surface area (Å²) >= 11 is 0. The number of carbonyl (C=O) groups excluding carboxylic acids is 2. The molecule has 1 saturated heterocycles. The minimum atomic E-state index is -0.743. The van der Waals surface area contributed by atoms with Gasteiger partial charge in [0.05, 0.1) is 25.2 Å². The van der Waals surface area contributed by atoms with E-state index in [4.69, 9.17) is 19.9 Å². The summed E-state index contributed by atoms with van der Waals surface area (Å²) in [6, 6.07) is 0. The van der Waals surface area contributed by atoms with Crippen LogP contribution >= 0.6 is 0 Å². The zero-order valence-corrected chi connectivity index (χ0v) is 14.4. The molecule has 4 atom stereocenters. The highest BCUT2D eigenvalue weighted by Gasteiger charge is 2.60. The van der Waals surface area contributed by atoms with Crippen molar-refractivity contribution >= 4 is 11.9 Å². The molecule has 2 fully saturated rings. The first kappa shape index (κ1) is 18.2. The smallest absolute Gasteiger partial charge is 0.313 e. The van der Waals surface area contributed by atoms with E-state index in [9.17, 15) is 9.59 Å². The van der Waals surface area contributed by atoms with Crippen molar-refractivity contribution in [3.8, 4) is 0 Å². The summed E-state index contributed by atoms with van der Waals surface area (Å²) in [5, 5.41) is 0. The fourth-order valence-corrected chi connectivity index (χ4v) is 4.48. The Hall–Kier alpha value is -1.14. The lowest BCUT2D eigenvalue weighted by molar-refractivity contribution is -0.217. The zero-order chi connectivity index (χ0) is 17.0. The Bertz CT molecular complexity index is 401. The first-order chi connectivity index (χ1) is 11.0. The number of esters is 2. The van der Waals surface area contributed by atoms with Gasteiger partial charge in [-0.25, -0.2) is 0 Å². The molecule has 0 amide bonds. The van der Waals surface area contributed by atoms with Crippen molar-refractivity contribution in [1.82, 2.24) is 0 Å². The fourth-order valence-electron chi connectivity index (χ4n) is 4.48. The van der Waals surface area contributed by atoms with E-state index in [-0.39, 0.29) is 24.6 Å². The highest BCUT2D eigenvalue weighted by atomic mass is 16.6. The second-order valence-electron chi connectivity index (χ2n) is 6.56. The molecule has 1 heterocycles. The van der Waals surface area contributed by atoms with E-state index in [0.29, 0.717) is 6.61 Å². The average molecular weight is 327 g/mol. The minimum Gasteiger partial charge on any atom is -0.466 e. The molecule has 0 aromatic carbocycles. The number of ether oxygens (including phenoxy) is 3. The topological polar surface area (TPSA) is 87.9 Å². The maximum Gasteiger partial charge on any atom is 0.313 e. The van der Waals surface area contributed by atoms with Gasteiger partial charge in [-0.15, -0.1) is 0 Å². The number of hydrogen-bond donors (Lipinski definition) is 1. The first-order valence-electron chi connectivity index (χ1n) is 8.72. The lowest BCUT2D eigenvalue weighted by Crippen LogP contribution is -2.62. The van der Waals surface area contributed by atoms with E-state index < -0.39 is 23.5 Å². The van der Waals surface area contributed by atoms with Crippen LogP contribution in [0.15, 0.2) is 0 Å². The van der Waals surface area contributed by atoms with Crippen LogP contribution in [0.1, 0.15) is 52.9 Å². The second kappa shape index (κ2) is 7.62. The van der Waals surface area contributed by atoms with Gasteiger partial charge in [-0.1, -0.05) is 19.3 Å². The Morgan fingerprint density at radius 3 is 2.09 bits per heavy atom. The van der Waals surface area contributed by atoms with Gasteiger partial charge < -0.3 is 19.9 Å². The predicted octanol–water partition coefficient (Wildman–Crippen LogP) is 2.00. The maximum absolute atomic E-state index is 12.6. The van der Waals surface area contributed by atoms with E-state index in [2.05, 4.69) is 0 Å². The quantitative estimate of drug-likeness (QED) is 0.795. The van der Waals surface area contributed by atoms with Crippen molar-refractivity contribution in [3.63, 3.8) is 0 Å². The van der Waals surface area contributed by atoms with Gasteiger partial charge in [-0.3, -0.25) is 9.59 Å². The molecule has 6 nitrogen and oxygen atoms in total. The highest BCUT2D eigenvalue weighted by molar-refractivity contribution is 5.79. The van der Waals surface area contributed by atoms with Crippen molar-refractivity contribution in [2.45, 2.75) is 65.2 Å². The Balaban J connectivity index is 2.42. The molecule has 0 bridgehead atoms. The molecular weight excluding hydrogens is 298 g/mol. The maximum atomic E-state index is 12.6. The molecule has 1 aliphatic heterocycles. The summed E-state index contributed by atoms with van der Waals surface area (Å²) in [6.07, 6.45) is 3.51. The summed E-state index contributed by atoms with van der Waals surface area (Å²) in [7, 11) is 0. The van der Waals surface area contributed by atoms with Crippen LogP contribution in [0, 0.1) is 17.3 Å². The Labute approximate surface area is 138 Å². The third kappa shape index (κ3) is 3.38. The lowest BCUT2D eigenvalue weighted by atomic mass is 9.56. The van der Waals surface area contributed by atoms with Gasteiger partial charge in [0.1, 0.15) is 12.1 Å². The van der Waals surface area contributed by atoms with Gasteiger partial charge in [0.15, 0.2) is 0 Å². The van der Waals surface area contributed by atoms with Gasteiger partial charge in [0, 0.05) is 5.41 Å². The zero-order valence-electron chi connectivity index (χ0n) is 14.4. The van der Waals surface area contributed by atoms with E-state index in [1.54, 1.807) is 13.8 Å². The van der Waals surface area contributed by atoms with Gasteiger partial charge in [0.25, 0.3) is 0 Å². The van der Waals surface area contributed by atoms with Crippen LogP contribution in [0.4, 0.5) is 0 Å². The van der Waals surface area contributed by atoms with Crippen molar-refractivity contribution in [2.75, 3.05) is 13.2 Å². The summed E-state index contributed by atoms with van der Waals surface area (Å²) in [5.74, 6) is -1.74. The molecule has 6 heteroatoms. The summed E-state index contributed by atoms with van der Waals surface area (Å²) in [5.41, 5.74) is 5.65. The Kier molecular flexibility index (Phi) is 6.03. The molecule has 1 aliphatic carbocycles. The fraction of sp³-hybridized carbons (Fsp3) is 0.882. The SMILES string of the molecule is CCOC(=O)C1C(C)OC(N)C(C(=O)OCC)C12CCCCC2. The lowest BCUT2D eigenvalue weighted by Gasteiger charge is -2.53. The third-order valence-electron chi connectivity index (χ3n) is 5.27. The Morgan fingerprint density at radius 1 is 1.04 bits per heavy atom. The Morgan fingerprint density at radius 2 is 1.57 bits per heavy atom. The summed E-state index contributed by atoms with van der Waals surface area (Å²) < 4.78 is 16.3. The van der Waals surface area contributed by atoms with E-state index in [1.807, 2.05) is 6.92 Å². The molecular formula is C17H29NO5. The molecule has 1 saturated carbocycles. The van der Waals surface area contributed by atoms with E-state index in [0.717, 1.165) is 32.1 Å². The molecule has 2 rings (SSSR count). The molecule has 0 aromatic heterocycles. The van der Waals surface area contributed by atoms with Crippen molar-refractivity contribution in [3.05, 3.63) is 0 Å². The standard InChI is InChI=1S/C17H29NO5/c1-4-21-15(19)12-11(3)23-14(18)13(16(20)22-5-2)17(12)9-7-6-8-10-17/h11-14H,4-10,18H2,1-3H3. The van der Waals surface area contributed by atoms with E-state index >= 15 is 0 Å². The molecule has 23 heavy (non-hydrogen) atoms. The second-order valence-corrected chi connectivity index (χ2v) is 6.56. The van der Waals surface area contributed by atoms with Gasteiger partial charge in [-0.2, -0.15) is 0 Å². The molecule has 2 N–H and O–H groups in total. The number of rotatable bonds is 4. The summed E-state index contributed by atoms with van der Waals surface area (Å²) in [4.78, 5) is 25.2. The molecule has 132 valence electrons. The number of carbonyl (C=O) groups is 2. The van der Waals surface area contributed by atoms with Crippen LogP contribution in [0.5, 0.6) is 0 Å². The number of nitrogens with two attached hydrogens (primary N) is 1. The van der Waals surface area contributed by atoms with Crippen LogP contribution < -0.4 is 5.73 Å². The monoisotopic (exact) mass is 327 g/mol. The van der Waals surface area contributed by atoms with Crippen LogP contribution in [0.25, 0.3) is 0 Å². The van der Waals surface area contributed by atoms with Gasteiger partial charge in [0.2, 0.25) is 0 Å². The molecule has 2 aliphatic rings. The summed E-state index contributed by atoms with van der Waals surface area (Å²) in [6.45, 7) is 6.01. The molecule has 0 radical (unpaired) electrons. The normalized spacial score (nSPS) is 33.2. The van der Waals surface area contributed by atoms with E-state index in [1.165, 1.54) is 0 Å². The van der Waals surface area contributed by atoms with Crippen molar-refractivity contribution < 1.29 is 23.8 Å². The first-order valence-corrected chi connectivity index (χ1v) is 8.72. The van der Waals surface area contributed by atoms with Crippen molar-refractivity contribution in [2.24, 2.45) is 23.0 Å². The molecule has 4 unspecified atom stereocenters.